The largest absolute Gasteiger partial charge is 0.497 e. The SMILES string of the molecule is CCc1ccc(NC(C)=O)cc1NC(=O)c1csc(NC(=O)c2ccc(OC)cc2)n1. The van der Waals surface area contributed by atoms with Crippen molar-refractivity contribution in [3.8, 4) is 5.75 Å². The van der Waals surface area contributed by atoms with E-state index in [1.807, 2.05) is 13.0 Å². The minimum atomic E-state index is -0.407. The monoisotopic (exact) mass is 438 g/mol. The first-order valence-corrected chi connectivity index (χ1v) is 10.4. The zero-order valence-electron chi connectivity index (χ0n) is 17.3. The van der Waals surface area contributed by atoms with Gasteiger partial charge >= 0.3 is 0 Å². The summed E-state index contributed by atoms with van der Waals surface area (Å²) in [6, 6.07) is 12.0. The first-order chi connectivity index (χ1) is 14.9. The first kappa shape index (κ1) is 22.0. The molecule has 1 aromatic heterocycles. The summed E-state index contributed by atoms with van der Waals surface area (Å²) in [7, 11) is 1.55. The van der Waals surface area contributed by atoms with Crippen LogP contribution in [0.5, 0.6) is 5.75 Å². The van der Waals surface area contributed by atoms with Gasteiger partial charge < -0.3 is 15.4 Å². The van der Waals surface area contributed by atoms with Gasteiger partial charge in [-0.15, -0.1) is 11.3 Å². The van der Waals surface area contributed by atoms with Gasteiger partial charge in [0.05, 0.1) is 7.11 Å². The molecule has 0 saturated heterocycles. The maximum atomic E-state index is 12.7. The lowest BCUT2D eigenvalue weighted by Gasteiger charge is -2.11. The quantitative estimate of drug-likeness (QED) is 0.513. The molecule has 0 fully saturated rings. The number of amides is 3. The van der Waals surface area contributed by atoms with E-state index in [0.717, 1.165) is 16.9 Å². The van der Waals surface area contributed by atoms with Crippen molar-refractivity contribution in [3.63, 3.8) is 0 Å². The molecule has 8 nitrogen and oxygen atoms in total. The van der Waals surface area contributed by atoms with Crippen LogP contribution in [0.4, 0.5) is 16.5 Å². The van der Waals surface area contributed by atoms with Crippen molar-refractivity contribution in [2.45, 2.75) is 20.3 Å². The maximum absolute atomic E-state index is 12.7. The Balaban J connectivity index is 1.70. The minimum Gasteiger partial charge on any atom is -0.497 e. The molecule has 2 aromatic carbocycles. The number of methoxy groups -OCH3 is 1. The molecule has 0 unspecified atom stereocenters. The predicted molar refractivity (Wildman–Crippen MR) is 121 cm³/mol. The van der Waals surface area contributed by atoms with Gasteiger partial charge in [0.15, 0.2) is 5.13 Å². The molecule has 3 N–H and O–H groups in total. The van der Waals surface area contributed by atoms with Crippen molar-refractivity contribution >= 4 is 45.6 Å². The Hall–Kier alpha value is -3.72. The number of rotatable bonds is 7. The standard InChI is InChI=1S/C22H22N4O4S/c1-4-14-5-8-16(23-13(2)27)11-18(14)24-21(29)19-12-31-22(25-19)26-20(28)15-6-9-17(30-3)10-7-15/h5-12H,4H2,1-3H3,(H,23,27)(H,24,29)(H,25,26,28). The Morgan fingerprint density at radius 1 is 1.00 bits per heavy atom. The summed E-state index contributed by atoms with van der Waals surface area (Å²) in [5.74, 6) is -0.284. The predicted octanol–water partition coefficient (Wildman–Crippen LogP) is 4.18. The molecule has 3 amide bonds. The van der Waals surface area contributed by atoms with Crippen molar-refractivity contribution < 1.29 is 19.1 Å². The number of benzene rings is 2. The summed E-state index contributed by atoms with van der Waals surface area (Å²) in [6.07, 6.45) is 0.705. The maximum Gasteiger partial charge on any atom is 0.275 e. The van der Waals surface area contributed by atoms with Crippen LogP contribution in [0.1, 0.15) is 40.3 Å². The summed E-state index contributed by atoms with van der Waals surface area (Å²) in [5, 5.41) is 10.1. The molecule has 3 aromatic rings. The van der Waals surface area contributed by atoms with Crippen LogP contribution in [0.25, 0.3) is 0 Å². The molecule has 0 saturated carbocycles. The van der Waals surface area contributed by atoms with Crippen molar-refractivity contribution in [2.75, 3.05) is 23.1 Å². The fourth-order valence-electron chi connectivity index (χ4n) is 2.82. The van der Waals surface area contributed by atoms with E-state index in [-0.39, 0.29) is 17.5 Å². The molecule has 3 rings (SSSR count). The van der Waals surface area contributed by atoms with Crippen molar-refractivity contribution in [1.82, 2.24) is 4.98 Å². The Labute approximate surface area is 183 Å². The van der Waals surface area contributed by atoms with E-state index in [2.05, 4.69) is 20.9 Å². The van der Waals surface area contributed by atoms with E-state index in [1.165, 1.54) is 6.92 Å². The summed E-state index contributed by atoms with van der Waals surface area (Å²) in [6.45, 7) is 3.39. The van der Waals surface area contributed by atoms with Gasteiger partial charge in [0.25, 0.3) is 11.8 Å². The molecule has 9 heteroatoms. The number of nitrogens with one attached hydrogen (secondary N) is 3. The van der Waals surface area contributed by atoms with Crippen molar-refractivity contribution in [3.05, 3.63) is 64.7 Å². The lowest BCUT2D eigenvalue weighted by molar-refractivity contribution is -0.114. The second-order valence-electron chi connectivity index (χ2n) is 6.58. The summed E-state index contributed by atoms with van der Waals surface area (Å²) in [5.41, 5.74) is 2.73. The zero-order chi connectivity index (χ0) is 22.4. The van der Waals surface area contributed by atoms with Gasteiger partial charge in [0, 0.05) is 29.2 Å². The number of thiazole rings is 1. The van der Waals surface area contributed by atoms with Gasteiger partial charge in [-0.2, -0.15) is 0 Å². The van der Waals surface area contributed by atoms with Crippen LogP contribution in [0.15, 0.2) is 47.8 Å². The number of anilines is 3. The molecule has 0 radical (unpaired) electrons. The number of nitrogens with zero attached hydrogens (tertiary/aromatic N) is 1. The van der Waals surface area contributed by atoms with Crippen molar-refractivity contribution in [2.24, 2.45) is 0 Å². The number of ether oxygens (including phenoxy) is 1. The highest BCUT2D eigenvalue weighted by atomic mass is 32.1. The molecule has 0 aliphatic rings. The third kappa shape index (κ3) is 5.67. The molecular weight excluding hydrogens is 416 g/mol. The van der Waals surface area contributed by atoms with Crippen LogP contribution < -0.4 is 20.7 Å². The van der Waals surface area contributed by atoms with Crippen molar-refractivity contribution in [1.29, 1.82) is 0 Å². The highest BCUT2D eigenvalue weighted by Crippen LogP contribution is 2.24. The topological polar surface area (TPSA) is 109 Å². The van der Waals surface area contributed by atoms with Gasteiger partial charge in [0.2, 0.25) is 5.91 Å². The Morgan fingerprint density at radius 3 is 2.39 bits per heavy atom. The highest BCUT2D eigenvalue weighted by molar-refractivity contribution is 7.14. The van der Waals surface area contributed by atoms with Gasteiger partial charge in [-0.25, -0.2) is 4.98 Å². The Kier molecular flexibility index (Phi) is 6.99. The van der Waals surface area contributed by atoms with E-state index in [4.69, 9.17) is 4.74 Å². The average Bonchev–Trinajstić information content (AvgIpc) is 3.22. The van der Waals surface area contributed by atoms with Crippen LogP contribution in [0, 0.1) is 0 Å². The Morgan fingerprint density at radius 2 is 1.74 bits per heavy atom. The number of aromatic nitrogens is 1. The van der Waals surface area contributed by atoms with Crippen LogP contribution >= 0.6 is 11.3 Å². The fourth-order valence-corrected chi connectivity index (χ4v) is 3.50. The third-order valence-electron chi connectivity index (χ3n) is 4.37. The number of carbonyl (C=O) groups is 3. The molecule has 0 atom stereocenters. The van der Waals surface area contributed by atoms with E-state index in [1.54, 1.807) is 48.9 Å². The van der Waals surface area contributed by atoms with Crippen LogP contribution in [0.3, 0.4) is 0 Å². The smallest absolute Gasteiger partial charge is 0.275 e. The molecule has 1 heterocycles. The van der Waals surface area contributed by atoms with Gasteiger partial charge in [0.1, 0.15) is 11.4 Å². The molecule has 160 valence electrons. The zero-order valence-corrected chi connectivity index (χ0v) is 18.1. The molecule has 0 spiro atoms. The number of hydrogen-bond acceptors (Lipinski definition) is 6. The van der Waals surface area contributed by atoms with Crippen LogP contribution in [0.2, 0.25) is 0 Å². The summed E-state index contributed by atoms with van der Waals surface area (Å²) >= 11 is 1.16. The van der Waals surface area contributed by atoms with E-state index < -0.39 is 5.91 Å². The van der Waals surface area contributed by atoms with E-state index >= 15 is 0 Å². The van der Waals surface area contributed by atoms with Crippen LogP contribution in [-0.4, -0.2) is 29.8 Å². The average molecular weight is 439 g/mol. The minimum absolute atomic E-state index is 0.182. The fraction of sp³-hybridized carbons (Fsp3) is 0.182. The van der Waals surface area contributed by atoms with Gasteiger partial charge in [-0.1, -0.05) is 13.0 Å². The lowest BCUT2D eigenvalue weighted by Crippen LogP contribution is -2.15. The lowest BCUT2D eigenvalue weighted by atomic mass is 10.1. The second-order valence-corrected chi connectivity index (χ2v) is 7.44. The summed E-state index contributed by atoms with van der Waals surface area (Å²) < 4.78 is 5.08. The van der Waals surface area contributed by atoms with E-state index in [9.17, 15) is 14.4 Å². The molecule has 31 heavy (non-hydrogen) atoms. The third-order valence-corrected chi connectivity index (χ3v) is 5.13. The second kappa shape index (κ2) is 9.86. The number of carbonyl (C=O) groups excluding carboxylic acids is 3. The summed E-state index contributed by atoms with van der Waals surface area (Å²) in [4.78, 5) is 40.6. The first-order valence-electron chi connectivity index (χ1n) is 9.52. The Bertz CT molecular complexity index is 1110. The van der Waals surface area contributed by atoms with Crippen LogP contribution in [-0.2, 0) is 11.2 Å². The normalized spacial score (nSPS) is 10.3. The number of hydrogen-bond donors (Lipinski definition) is 3. The number of aryl methyl sites for hydroxylation is 1. The molecule has 0 aliphatic carbocycles. The van der Waals surface area contributed by atoms with Gasteiger partial charge in [-0.05, 0) is 48.4 Å². The molecular formula is C22H22N4O4S. The van der Waals surface area contributed by atoms with Gasteiger partial charge in [-0.3, -0.25) is 19.7 Å². The molecule has 0 bridgehead atoms. The van der Waals surface area contributed by atoms with E-state index in [0.29, 0.717) is 34.2 Å². The highest BCUT2D eigenvalue weighted by Gasteiger charge is 2.15. The molecule has 0 aliphatic heterocycles.